The molecule has 38 heavy (non-hydrogen) atoms. The average Bonchev–Trinajstić information content (AvgIpc) is 3.38. The Bertz CT molecular complexity index is 1510. The summed E-state index contributed by atoms with van der Waals surface area (Å²) in [6.07, 6.45) is 3.80. The molecule has 5 rings (SSSR count). The van der Waals surface area contributed by atoms with Crippen LogP contribution in [0, 0.1) is 5.82 Å². The Hall–Kier alpha value is -4.04. The number of hydrogen-bond acceptors (Lipinski definition) is 5. The van der Waals surface area contributed by atoms with Crippen molar-refractivity contribution in [1.82, 2.24) is 9.47 Å². The standard InChI is InChI=1S/C30H27FN2O4S/c1-20(2)37-24-13-11-23(12-14-24)36-16-15-32-18-22(25-8-4-6-10-27(25)32)17-28-29(34)33(30(35)38-28)19-21-7-3-5-9-26(21)31/h3-14,17-18,20H,15-16,19H2,1-2H3/b28-17-. The molecule has 0 spiro atoms. The Labute approximate surface area is 224 Å². The number of thioether (sulfide) groups is 1. The van der Waals surface area contributed by atoms with Gasteiger partial charge in [0.25, 0.3) is 11.1 Å². The normalized spacial score (nSPS) is 14.7. The molecule has 1 aliphatic rings. The minimum Gasteiger partial charge on any atom is -0.492 e. The number of amides is 2. The molecule has 0 saturated carbocycles. The van der Waals surface area contributed by atoms with Crippen molar-refractivity contribution in [3.63, 3.8) is 0 Å². The molecular formula is C30H27FN2O4S. The van der Waals surface area contributed by atoms with Crippen LogP contribution >= 0.6 is 11.8 Å². The van der Waals surface area contributed by atoms with Crippen LogP contribution in [0.4, 0.5) is 9.18 Å². The second-order valence-corrected chi connectivity index (χ2v) is 10.1. The van der Waals surface area contributed by atoms with Gasteiger partial charge >= 0.3 is 0 Å². The monoisotopic (exact) mass is 530 g/mol. The highest BCUT2D eigenvalue weighted by Crippen LogP contribution is 2.35. The SMILES string of the molecule is CC(C)Oc1ccc(OCCn2cc(/C=C3\SC(=O)N(Cc4ccccc4F)C3=O)c3ccccc32)cc1. The van der Waals surface area contributed by atoms with Crippen molar-refractivity contribution in [2.24, 2.45) is 0 Å². The number of carbonyl (C=O) groups excluding carboxylic acids is 2. The van der Waals surface area contributed by atoms with Gasteiger partial charge in [-0.2, -0.15) is 0 Å². The molecule has 0 atom stereocenters. The lowest BCUT2D eigenvalue weighted by Gasteiger charge is -2.12. The smallest absolute Gasteiger partial charge is 0.293 e. The molecule has 0 radical (unpaired) electrons. The van der Waals surface area contributed by atoms with Crippen LogP contribution < -0.4 is 9.47 Å². The summed E-state index contributed by atoms with van der Waals surface area (Å²) in [6, 6.07) is 21.6. The van der Waals surface area contributed by atoms with Gasteiger partial charge in [0, 0.05) is 28.2 Å². The number of rotatable bonds is 9. The predicted molar refractivity (Wildman–Crippen MR) is 148 cm³/mol. The van der Waals surface area contributed by atoms with Crippen molar-refractivity contribution < 1.29 is 23.5 Å². The maximum Gasteiger partial charge on any atom is 0.293 e. The first-order valence-electron chi connectivity index (χ1n) is 12.3. The van der Waals surface area contributed by atoms with Crippen LogP contribution in [0.15, 0.2) is 83.9 Å². The summed E-state index contributed by atoms with van der Waals surface area (Å²) in [6.45, 7) is 4.90. The third-order valence-corrected chi connectivity index (χ3v) is 6.97. The minimum absolute atomic E-state index is 0.0989. The fraction of sp³-hybridized carbons (Fsp3) is 0.200. The number of imide groups is 1. The number of carbonyl (C=O) groups is 2. The van der Waals surface area contributed by atoms with Crippen LogP contribution in [0.1, 0.15) is 25.0 Å². The molecule has 6 nitrogen and oxygen atoms in total. The van der Waals surface area contributed by atoms with Crippen molar-refractivity contribution >= 4 is 39.9 Å². The molecule has 194 valence electrons. The molecule has 8 heteroatoms. The van der Waals surface area contributed by atoms with E-state index in [1.165, 1.54) is 6.07 Å². The van der Waals surface area contributed by atoms with Gasteiger partial charge in [0.1, 0.15) is 23.9 Å². The highest BCUT2D eigenvalue weighted by molar-refractivity contribution is 8.18. The van der Waals surface area contributed by atoms with E-state index in [1.807, 2.05) is 68.6 Å². The third-order valence-electron chi connectivity index (χ3n) is 6.06. The largest absolute Gasteiger partial charge is 0.492 e. The maximum absolute atomic E-state index is 14.1. The second kappa shape index (κ2) is 11.1. The highest BCUT2D eigenvalue weighted by atomic mass is 32.2. The van der Waals surface area contributed by atoms with E-state index in [1.54, 1.807) is 24.3 Å². The fourth-order valence-corrected chi connectivity index (χ4v) is 5.13. The Balaban J connectivity index is 1.31. The number of ether oxygens (including phenoxy) is 2. The van der Waals surface area contributed by atoms with Crippen molar-refractivity contribution in [2.75, 3.05) is 6.61 Å². The lowest BCUT2D eigenvalue weighted by Crippen LogP contribution is -2.27. The Morgan fingerprint density at radius 1 is 0.947 bits per heavy atom. The quantitative estimate of drug-likeness (QED) is 0.221. The first-order valence-corrected chi connectivity index (χ1v) is 13.2. The zero-order valence-electron chi connectivity index (χ0n) is 21.1. The van der Waals surface area contributed by atoms with Crippen molar-refractivity contribution in [1.29, 1.82) is 0 Å². The second-order valence-electron chi connectivity index (χ2n) is 9.14. The van der Waals surface area contributed by atoms with Crippen LogP contribution in [0.25, 0.3) is 17.0 Å². The lowest BCUT2D eigenvalue weighted by molar-refractivity contribution is -0.123. The minimum atomic E-state index is -0.444. The van der Waals surface area contributed by atoms with E-state index >= 15 is 0 Å². The van der Waals surface area contributed by atoms with Gasteiger partial charge in [-0.3, -0.25) is 14.5 Å². The molecule has 0 N–H and O–H groups in total. The predicted octanol–water partition coefficient (Wildman–Crippen LogP) is 6.88. The van der Waals surface area contributed by atoms with Crippen LogP contribution in [-0.2, 0) is 17.9 Å². The van der Waals surface area contributed by atoms with E-state index in [4.69, 9.17) is 9.47 Å². The molecule has 1 aromatic heterocycles. The van der Waals surface area contributed by atoms with Gasteiger partial charge in [-0.15, -0.1) is 0 Å². The molecule has 0 unspecified atom stereocenters. The number of benzene rings is 3. The zero-order chi connectivity index (χ0) is 26.6. The molecule has 2 heterocycles. The van der Waals surface area contributed by atoms with E-state index in [0.717, 1.165) is 44.6 Å². The van der Waals surface area contributed by atoms with Crippen LogP contribution in [0.5, 0.6) is 11.5 Å². The number of aromatic nitrogens is 1. The highest BCUT2D eigenvalue weighted by Gasteiger charge is 2.35. The summed E-state index contributed by atoms with van der Waals surface area (Å²) < 4.78 is 27.8. The Morgan fingerprint density at radius 3 is 2.42 bits per heavy atom. The summed E-state index contributed by atoms with van der Waals surface area (Å²) >= 11 is 0.871. The van der Waals surface area contributed by atoms with Crippen molar-refractivity contribution in [3.8, 4) is 11.5 Å². The van der Waals surface area contributed by atoms with Gasteiger partial charge in [-0.1, -0.05) is 36.4 Å². The van der Waals surface area contributed by atoms with E-state index < -0.39 is 17.0 Å². The maximum atomic E-state index is 14.1. The summed E-state index contributed by atoms with van der Waals surface area (Å²) in [4.78, 5) is 27.0. The van der Waals surface area contributed by atoms with E-state index in [-0.39, 0.29) is 12.6 Å². The number of para-hydroxylation sites is 1. The van der Waals surface area contributed by atoms with Crippen molar-refractivity contribution in [3.05, 3.63) is 101 Å². The molecule has 1 saturated heterocycles. The van der Waals surface area contributed by atoms with Gasteiger partial charge in [-0.25, -0.2) is 4.39 Å². The van der Waals surface area contributed by atoms with Crippen LogP contribution in [-0.4, -0.2) is 33.3 Å². The molecule has 2 amide bonds. The van der Waals surface area contributed by atoms with Gasteiger partial charge in [0.05, 0.1) is 24.1 Å². The summed E-state index contributed by atoms with van der Waals surface area (Å²) in [5.41, 5.74) is 2.12. The number of nitrogens with zero attached hydrogens (tertiary/aromatic N) is 2. The molecule has 0 aliphatic carbocycles. The topological polar surface area (TPSA) is 60.8 Å². The molecular weight excluding hydrogens is 503 g/mol. The van der Waals surface area contributed by atoms with Gasteiger partial charge < -0.3 is 14.0 Å². The summed E-state index contributed by atoms with van der Waals surface area (Å²) in [7, 11) is 0. The Kier molecular flexibility index (Phi) is 7.51. The van der Waals surface area contributed by atoms with E-state index in [9.17, 15) is 14.0 Å². The third kappa shape index (κ3) is 5.60. The van der Waals surface area contributed by atoms with Crippen molar-refractivity contribution in [2.45, 2.75) is 33.0 Å². The van der Waals surface area contributed by atoms with Crippen LogP contribution in [0.2, 0.25) is 0 Å². The number of halogens is 1. The first-order chi connectivity index (χ1) is 18.4. The average molecular weight is 531 g/mol. The number of fused-ring (bicyclic) bond motifs is 1. The molecule has 1 fully saturated rings. The molecule has 1 aliphatic heterocycles. The zero-order valence-corrected chi connectivity index (χ0v) is 21.9. The fourth-order valence-electron chi connectivity index (χ4n) is 4.30. The van der Waals surface area contributed by atoms with Gasteiger partial charge in [-0.05, 0) is 68.1 Å². The van der Waals surface area contributed by atoms with Crippen LogP contribution in [0.3, 0.4) is 0 Å². The van der Waals surface area contributed by atoms with Gasteiger partial charge in [0.2, 0.25) is 0 Å². The summed E-state index contributed by atoms with van der Waals surface area (Å²) in [5.74, 6) is 0.682. The van der Waals surface area contributed by atoms with Gasteiger partial charge in [0.15, 0.2) is 0 Å². The Morgan fingerprint density at radius 2 is 1.66 bits per heavy atom. The van der Waals surface area contributed by atoms with E-state index in [2.05, 4.69) is 4.57 Å². The van der Waals surface area contributed by atoms with E-state index in [0.29, 0.717) is 23.6 Å². The number of hydrogen-bond donors (Lipinski definition) is 0. The molecule has 0 bridgehead atoms. The molecule has 3 aromatic carbocycles. The lowest BCUT2D eigenvalue weighted by atomic mass is 10.1. The molecule has 4 aromatic rings. The first kappa shape index (κ1) is 25.6. The summed E-state index contributed by atoms with van der Waals surface area (Å²) in [5, 5.41) is 0.551.